The van der Waals surface area contributed by atoms with E-state index in [1.165, 1.54) is 4.90 Å². The van der Waals surface area contributed by atoms with Gasteiger partial charge in [0.2, 0.25) is 0 Å². The molecule has 0 saturated carbocycles. The number of alkyl halides is 3. The molecule has 0 N–H and O–H groups in total. The monoisotopic (exact) mass is 384 g/mol. The van der Waals surface area contributed by atoms with Gasteiger partial charge in [0, 0.05) is 31.9 Å². The van der Waals surface area contributed by atoms with Gasteiger partial charge in [-0.15, -0.1) is 0 Å². The van der Waals surface area contributed by atoms with Crippen LogP contribution >= 0.6 is 0 Å². The molecule has 9 heteroatoms. The molecule has 0 atom stereocenters. The third-order valence-corrected chi connectivity index (χ3v) is 4.74. The van der Waals surface area contributed by atoms with Gasteiger partial charge in [-0.1, -0.05) is 19.0 Å². The lowest BCUT2D eigenvalue weighted by Gasteiger charge is -2.23. The van der Waals surface area contributed by atoms with Crippen LogP contribution in [0.3, 0.4) is 0 Å². The molecule has 3 heterocycles. The van der Waals surface area contributed by atoms with Gasteiger partial charge >= 0.3 is 6.18 Å². The fraction of sp³-hybridized carbons (Fsp3) is 0.611. The number of pyridine rings is 1. The van der Waals surface area contributed by atoms with Gasteiger partial charge in [-0.05, 0) is 25.3 Å². The first-order chi connectivity index (χ1) is 12.7. The Morgan fingerprint density at radius 3 is 2.67 bits per heavy atom. The molecule has 27 heavy (non-hydrogen) atoms. The second kappa shape index (κ2) is 7.46. The van der Waals surface area contributed by atoms with E-state index in [-0.39, 0.29) is 24.9 Å². The maximum absolute atomic E-state index is 13.2. The van der Waals surface area contributed by atoms with Crippen LogP contribution in [0.15, 0.2) is 10.6 Å². The lowest BCUT2D eigenvalue weighted by Crippen LogP contribution is -2.38. The summed E-state index contributed by atoms with van der Waals surface area (Å²) in [6, 6.07) is 1.75. The quantitative estimate of drug-likeness (QED) is 0.812. The Morgan fingerprint density at radius 2 is 2.00 bits per heavy atom. The van der Waals surface area contributed by atoms with Crippen molar-refractivity contribution in [2.75, 3.05) is 32.7 Å². The molecule has 1 aliphatic heterocycles. The molecule has 0 aliphatic carbocycles. The first kappa shape index (κ1) is 19.6. The molecule has 1 saturated heterocycles. The lowest BCUT2D eigenvalue weighted by atomic mass is 10.0. The standard InChI is InChI=1S/C18H23F3N4O2/c1-11(2)14-9-13(15-12(3)23-27-16(15)22-14)17(26)25-6-4-5-24(7-8-25)10-18(19,20)21/h9,11H,4-8,10H2,1-3H3. The number of halogens is 3. The second-order valence-electron chi connectivity index (χ2n) is 7.23. The largest absolute Gasteiger partial charge is 0.401 e. The van der Waals surface area contributed by atoms with Crippen molar-refractivity contribution < 1.29 is 22.5 Å². The average molecular weight is 384 g/mol. The van der Waals surface area contributed by atoms with Crippen molar-refractivity contribution in [2.45, 2.75) is 39.3 Å². The van der Waals surface area contributed by atoms with E-state index in [2.05, 4.69) is 10.1 Å². The molecule has 1 fully saturated rings. The zero-order valence-corrected chi connectivity index (χ0v) is 15.6. The number of hydrogen-bond donors (Lipinski definition) is 0. The molecule has 0 spiro atoms. The Morgan fingerprint density at radius 1 is 1.26 bits per heavy atom. The summed E-state index contributed by atoms with van der Waals surface area (Å²) in [6.07, 6.45) is -3.74. The number of nitrogens with zero attached hydrogens (tertiary/aromatic N) is 4. The minimum absolute atomic E-state index is 0.0952. The third kappa shape index (κ3) is 4.40. The molecule has 1 aliphatic rings. The van der Waals surface area contributed by atoms with Gasteiger partial charge in [0.05, 0.1) is 23.2 Å². The Bertz CT molecular complexity index is 832. The van der Waals surface area contributed by atoms with Crippen molar-refractivity contribution in [1.82, 2.24) is 19.9 Å². The molecule has 3 rings (SSSR count). The highest BCUT2D eigenvalue weighted by atomic mass is 19.4. The van der Waals surface area contributed by atoms with E-state index in [1.807, 2.05) is 13.8 Å². The maximum atomic E-state index is 13.2. The highest BCUT2D eigenvalue weighted by molar-refractivity contribution is 6.06. The zero-order valence-electron chi connectivity index (χ0n) is 15.6. The Labute approximate surface area is 155 Å². The van der Waals surface area contributed by atoms with Crippen molar-refractivity contribution in [3.63, 3.8) is 0 Å². The van der Waals surface area contributed by atoms with Crippen LogP contribution in [0.5, 0.6) is 0 Å². The minimum atomic E-state index is -4.23. The Kier molecular flexibility index (Phi) is 5.41. The summed E-state index contributed by atoms with van der Waals surface area (Å²) in [4.78, 5) is 20.6. The van der Waals surface area contributed by atoms with Gasteiger partial charge in [0.1, 0.15) is 0 Å². The predicted molar refractivity (Wildman–Crippen MR) is 93.6 cm³/mol. The van der Waals surface area contributed by atoms with Crippen LogP contribution in [-0.4, -0.2) is 64.7 Å². The van der Waals surface area contributed by atoms with E-state index in [0.29, 0.717) is 41.9 Å². The van der Waals surface area contributed by atoms with Crippen molar-refractivity contribution in [1.29, 1.82) is 0 Å². The number of carbonyl (C=O) groups excluding carboxylic acids is 1. The second-order valence-corrected chi connectivity index (χ2v) is 7.23. The van der Waals surface area contributed by atoms with Crippen LogP contribution in [0, 0.1) is 6.92 Å². The predicted octanol–water partition coefficient (Wildman–Crippen LogP) is 3.36. The fourth-order valence-corrected chi connectivity index (χ4v) is 3.33. The van der Waals surface area contributed by atoms with Crippen LogP contribution in [0.2, 0.25) is 0 Å². The van der Waals surface area contributed by atoms with Crippen LogP contribution in [0.1, 0.15) is 47.9 Å². The topological polar surface area (TPSA) is 62.5 Å². The van der Waals surface area contributed by atoms with Crippen LogP contribution in [-0.2, 0) is 0 Å². The Hall–Kier alpha value is -2.16. The van der Waals surface area contributed by atoms with Gasteiger partial charge in [0.15, 0.2) is 0 Å². The number of hydrogen-bond acceptors (Lipinski definition) is 5. The summed E-state index contributed by atoms with van der Waals surface area (Å²) in [5.74, 6) is -0.123. The molecular weight excluding hydrogens is 361 g/mol. The third-order valence-electron chi connectivity index (χ3n) is 4.74. The number of amides is 1. The molecular formula is C18H23F3N4O2. The van der Waals surface area contributed by atoms with E-state index in [9.17, 15) is 18.0 Å². The van der Waals surface area contributed by atoms with Crippen molar-refractivity contribution in [3.05, 3.63) is 23.0 Å². The van der Waals surface area contributed by atoms with Crippen LogP contribution in [0.25, 0.3) is 11.1 Å². The summed E-state index contributed by atoms with van der Waals surface area (Å²) >= 11 is 0. The van der Waals surface area contributed by atoms with E-state index < -0.39 is 12.7 Å². The molecule has 0 bridgehead atoms. The van der Waals surface area contributed by atoms with Crippen LogP contribution < -0.4 is 0 Å². The first-order valence-corrected chi connectivity index (χ1v) is 9.01. The highest BCUT2D eigenvalue weighted by Gasteiger charge is 2.32. The molecule has 1 amide bonds. The fourth-order valence-electron chi connectivity index (χ4n) is 3.33. The normalized spacial score (nSPS) is 16.9. The average Bonchev–Trinajstić information content (AvgIpc) is 2.81. The number of rotatable bonds is 3. The molecule has 0 radical (unpaired) electrons. The van der Waals surface area contributed by atoms with Gasteiger partial charge in [-0.3, -0.25) is 9.69 Å². The first-order valence-electron chi connectivity index (χ1n) is 9.01. The van der Waals surface area contributed by atoms with Gasteiger partial charge in [0.25, 0.3) is 11.6 Å². The van der Waals surface area contributed by atoms with E-state index >= 15 is 0 Å². The van der Waals surface area contributed by atoms with Crippen molar-refractivity contribution in [3.8, 4) is 0 Å². The number of fused-ring (bicyclic) bond motifs is 1. The summed E-state index contributed by atoms with van der Waals surface area (Å²) in [6.45, 7) is 5.90. The Balaban J connectivity index is 1.86. The minimum Gasteiger partial charge on any atom is -0.337 e. The molecule has 2 aromatic rings. The van der Waals surface area contributed by atoms with Gasteiger partial charge in [-0.25, -0.2) is 4.98 Å². The van der Waals surface area contributed by atoms with E-state index in [4.69, 9.17) is 4.52 Å². The zero-order chi connectivity index (χ0) is 19.8. The number of aromatic nitrogens is 2. The molecule has 6 nitrogen and oxygen atoms in total. The smallest absolute Gasteiger partial charge is 0.337 e. The van der Waals surface area contributed by atoms with Crippen molar-refractivity contribution >= 4 is 17.0 Å². The maximum Gasteiger partial charge on any atom is 0.401 e. The summed E-state index contributed by atoms with van der Waals surface area (Å²) in [5.41, 5.74) is 2.06. The van der Waals surface area contributed by atoms with E-state index in [1.54, 1.807) is 17.9 Å². The van der Waals surface area contributed by atoms with Gasteiger partial charge < -0.3 is 9.42 Å². The summed E-state index contributed by atoms with van der Waals surface area (Å²) in [5, 5.41) is 4.48. The molecule has 2 aromatic heterocycles. The van der Waals surface area contributed by atoms with E-state index in [0.717, 1.165) is 5.69 Å². The lowest BCUT2D eigenvalue weighted by molar-refractivity contribution is -0.145. The highest BCUT2D eigenvalue weighted by Crippen LogP contribution is 2.26. The summed E-state index contributed by atoms with van der Waals surface area (Å²) in [7, 11) is 0. The van der Waals surface area contributed by atoms with Crippen LogP contribution in [0.4, 0.5) is 13.2 Å². The molecule has 0 unspecified atom stereocenters. The molecule has 0 aromatic carbocycles. The molecule has 148 valence electrons. The number of carbonyl (C=O) groups is 1. The van der Waals surface area contributed by atoms with Crippen molar-refractivity contribution in [2.24, 2.45) is 0 Å². The van der Waals surface area contributed by atoms with Gasteiger partial charge in [-0.2, -0.15) is 13.2 Å². The summed E-state index contributed by atoms with van der Waals surface area (Å²) < 4.78 is 43.2. The number of aryl methyl sites for hydroxylation is 1. The SMILES string of the molecule is Cc1noc2nc(C(C)C)cc(C(=O)N3CCCN(CC(F)(F)F)CC3)c12.